The number of esters is 1. The summed E-state index contributed by atoms with van der Waals surface area (Å²) in [7, 11) is 2.82. The van der Waals surface area contributed by atoms with E-state index in [0.29, 0.717) is 16.7 Å². The molecule has 0 aliphatic heterocycles. The molecule has 0 spiro atoms. The van der Waals surface area contributed by atoms with Crippen LogP contribution in [-0.4, -0.2) is 30.2 Å². The molecule has 0 radical (unpaired) electrons. The van der Waals surface area contributed by atoms with Crippen molar-refractivity contribution >= 4 is 28.5 Å². The maximum atomic E-state index is 11.3. The molecule has 0 saturated carbocycles. The van der Waals surface area contributed by atoms with E-state index in [-0.39, 0.29) is 11.0 Å². The molecular weight excluding hydrogens is 244 g/mol. The Morgan fingerprint density at radius 3 is 2.71 bits per heavy atom. The van der Waals surface area contributed by atoms with Gasteiger partial charge < -0.3 is 9.47 Å². The van der Waals surface area contributed by atoms with Crippen LogP contribution in [0.15, 0.2) is 18.2 Å². The molecular formula is C11H9ClN2O3. The summed E-state index contributed by atoms with van der Waals surface area (Å²) in [6, 6.07) is 5.14. The van der Waals surface area contributed by atoms with E-state index in [9.17, 15) is 4.79 Å². The molecule has 2 aromatic rings. The Morgan fingerprint density at radius 2 is 2.06 bits per heavy atom. The smallest absolute Gasteiger partial charge is 0.376 e. The molecule has 6 heteroatoms. The number of hydrogen-bond donors (Lipinski definition) is 0. The van der Waals surface area contributed by atoms with Crippen molar-refractivity contribution in [2.24, 2.45) is 0 Å². The van der Waals surface area contributed by atoms with Gasteiger partial charge in [-0.05, 0) is 18.2 Å². The van der Waals surface area contributed by atoms with E-state index in [1.165, 1.54) is 7.11 Å². The molecule has 0 aliphatic rings. The summed E-state index contributed by atoms with van der Waals surface area (Å²) in [6.07, 6.45) is 0. The van der Waals surface area contributed by atoms with Gasteiger partial charge in [0.2, 0.25) is 5.82 Å². The number of fused-ring (bicyclic) bond motifs is 1. The molecule has 88 valence electrons. The zero-order valence-electron chi connectivity index (χ0n) is 9.23. The summed E-state index contributed by atoms with van der Waals surface area (Å²) in [5.41, 5.74) is 0.561. The fourth-order valence-electron chi connectivity index (χ4n) is 1.38. The number of benzene rings is 1. The Kier molecular flexibility index (Phi) is 3.10. The van der Waals surface area contributed by atoms with Crippen molar-refractivity contribution in [2.45, 2.75) is 0 Å². The Bertz CT molecular complexity index is 586. The topological polar surface area (TPSA) is 61.3 Å². The van der Waals surface area contributed by atoms with E-state index in [0.717, 1.165) is 0 Å². The van der Waals surface area contributed by atoms with E-state index >= 15 is 0 Å². The number of carbonyl (C=O) groups is 1. The summed E-state index contributed by atoms with van der Waals surface area (Å²) < 4.78 is 9.61. The van der Waals surface area contributed by atoms with Gasteiger partial charge in [0.15, 0.2) is 0 Å². The molecule has 2 rings (SSSR count). The Morgan fingerprint density at radius 1 is 1.29 bits per heavy atom. The first kappa shape index (κ1) is 11.6. The number of hydrogen-bond acceptors (Lipinski definition) is 5. The van der Waals surface area contributed by atoms with Crippen LogP contribution in [0, 0.1) is 0 Å². The van der Waals surface area contributed by atoms with Gasteiger partial charge in [0, 0.05) is 5.39 Å². The predicted molar refractivity (Wildman–Crippen MR) is 62.4 cm³/mol. The maximum Gasteiger partial charge on any atom is 0.376 e. The van der Waals surface area contributed by atoms with Crippen LogP contribution in [0.5, 0.6) is 5.75 Å². The van der Waals surface area contributed by atoms with E-state index in [1.54, 1.807) is 25.3 Å². The van der Waals surface area contributed by atoms with Gasteiger partial charge in [-0.3, -0.25) is 0 Å². The second kappa shape index (κ2) is 4.55. The van der Waals surface area contributed by atoms with Gasteiger partial charge in [-0.2, -0.15) is 0 Å². The quantitative estimate of drug-likeness (QED) is 0.605. The van der Waals surface area contributed by atoms with Crippen LogP contribution in [0.3, 0.4) is 0 Å². The molecule has 0 amide bonds. The number of methoxy groups -OCH3 is 2. The first-order chi connectivity index (χ1) is 8.15. The van der Waals surface area contributed by atoms with Gasteiger partial charge in [-0.15, -0.1) is 0 Å². The number of carbonyl (C=O) groups excluding carboxylic acids is 1. The largest absolute Gasteiger partial charge is 0.497 e. The minimum absolute atomic E-state index is 0.0600. The number of aromatic nitrogens is 2. The molecule has 0 unspecified atom stereocenters. The average molecular weight is 253 g/mol. The summed E-state index contributed by atoms with van der Waals surface area (Å²) in [5.74, 6) is -0.0337. The normalized spacial score (nSPS) is 10.3. The molecule has 1 aromatic heterocycles. The second-order valence-corrected chi connectivity index (χ2v) is 3.57. The zero-order valence-corrected chi connectivity index (χ0v) is 9.99. The molecule has 0 aliphatic carbocycles. The first-order valence-electron chi connectivity index (χ1n) is 4.75. The highest BCUT2D eigenvalue weighted by Gasteiger charge is 2.13. The van der Waals surface area contributed by atoms with Gasteiger partial charge in [-0.25, -0.2) is 14.8 Å². The number of nitrogens with zero attached hydrogens (tertiary/aromatic N) is 2. The lowest BCUT2D eigenvalue weighted by molar-refractivity contribution is 0.0587. The number of rotatable bonds is 2. The van der Waals surface area contributed by atoms with Crippen LogP contribution in [0.4, 0.5) is 0 Å². The lowest BCUT2D eigenvalue weighted by atomic mass is 10.2. The standard InChI is InChI=1S/C11H9ClN2O3/c1-16-6-3-4-8-7(5-6)9(12)14-10(13-8)11(15)17-2/h3-5H,1-2H3. The molecule has 17 heavy (non-hydrogen) atoms. The molecule has 0 N–H and O–H groups in total. The molecule has 1 aromatic carbocycles. The van der Waals surface area contributed by atoms with Crippen LogP contribution >= 0.6 is 11.6 Å². The SMILES string of the molecule is COC(=O)c1nc(Cl)c2cc(OC)ccc2n1. The van der Waals surface area contributed by atoms with Gasteiger partial charge in [0.05, 0.1) is 19.7 Å². The second-order valence-electron chi connectivity index (χ2n) is 3.21. The van der Waals surface area contributed by atoms with Crippen LogP contribution in [0.1, 0.15) is 10.6 Å². The molecule has 0 bridgehead atoms. The van der Waals surface area contributed by atoms with Crippen LogP contribution in [-0.2, 0) is 4.74 Å². The zero-order chi connectivity index (χ0) is 12.4. The third kappa shape index (κ3) is 2.14. The van der Waals surface area contributed by atoms with Crippen molar-refractivity contribution in [1.82, 2.24) is 9.97 Å². The van der Waals surface area contributed by atoms with Crippen molar-refractivity contribution < 1.29 is 14.3 Å². The first-order valence-corrected chi connectivity index (χ1v) is 5.13. The molecule has 0 atom stereocenters. The molecule has 0 fully saturated rings. The number of ether oxygens (including phenoxy) is 2. The van der Waals surface area contributed by atoms with Crippen molar-refractivity contribution in [2.75, 3.05) is 14.2 Å². The van der Waals surface area contributed by atoms with E-state index in [4.69, 9.17) is 16.3 Å². The van der Waals surface area contributed by atoms with Crippen molar-refractivity contribution in [3.63, 3.8) is 0 Å². The molecule has 5 nitrogen and oxygen atoms in total. The Hall–Kier alpha value is -1.88. The molecule has 1 heterocycles. The Labute approximate surface area is 102 Å². The summed E-state index contributed by atoms with van der Waals surface area (Å²) in [5, 5.41) is 0.813. The van der Waals surface area contributed by atoms with Crippen LogP contribution in [0.2, 0.25) is 5.15 Å². The van der Waals surface area contributed by atoms with E-state index < -0.39 is 5.97 Å². The third-order valence-electron chi connectivity index (χ3n) is 2.22. The van der Waals surface area contributed by atoms with Crippen molar-refractivity contribution in [3.05, 3.63) is 29.2 Å². The molecule has 0 saturated heterocycles. The van der Waals surface area contributed by atoms with Crippen molar-refractivity contribution in [3.8, 4) is 5.75 Å². The Balaban J connectivity index is 2.63. The minimum Gasteiger partial charge on any atom is -0.497 e. The summed E-state index contributed by atoms with van der Waals surface area (Å²) in [6.45, 7) is 0. The maximum absolute atomic E-state index is 11.3. The fraction of sp³-hybridized carbons (Fsp3) is 0.182. The van der Waals surface area contributed by atoms with Gasteiger partial charge in [-0.1, -0.05) is 11.6 Å². The van der Waals surface area contributed by atoms with E-state index in [2.05, 4.69) is 14.7 Å². The monoisotopic (exact) mass is 252 g/mol. The average Bonchev–Trinajstić information content (AvgIpc) is 2.37. The minimum atomic E-state index is -0.621. The van der Waals surface area contributed by atoms with Crippen LogP contribution in [0.25, 0.3) is 10.9 Å². The van der Waals surface area contributed by atoms with E-state index in [1.807, 2.05) is 0 Å². The lowest BCUT2D eigenvalue weighted by Crippen LogP contribution is -2.07. The fourth-order valence-corrected chi connectivity index (χ4v) is 1.61. The summed E-state index contributed by atoms with van der Waals surface area (Å²) >= 11 is 5.98. The van der Waals surface area contributed by atoms with Gasteiger partial charge >= 0.3 is 5.97 Å². The van der Waals surface area contributed by atoms with Crippen molar-refractivity contribution in [1.29, 1.82) is 0 Å². The third-order valence-corrected chi connectivity index (χ3v) is 2.51. The highest BCUT2D eigenvalue weighted by Crippen LogP contribution is 2.24. The summed E-state index contributed by atoms with van der Waals surface area (Å²) in [4.78, 5) is 19.2. The van der Waals surface area contributed by atoms with Crippen LogP contribution < -0.4 is 4.74 Å². The lowest BCUT2D eigenvalue weighted by Gasteiger charge is -2.05. The highest BCUT2D eigenvalue weighted by atomic mass is 35.5. The van der Waals surface area contributed by atoms with Gasteiger partial charge in [0.25, 0.3) is 0 Å². The number of halogens is 1. The highest BCUT2D eigenvalue weighted by molar-refractivity contribution is 6.34. The predicted octanol–water partition coefficient (Wildman–Crippen LogP) is 2.08. The van der Waals surface area contributed by atoms with Gasteiger partial charge in [0.1, 0.15) is 10.9 Å².